The van der Waals surface area contributed by atoms with Crippen LogP contribution in [0.1, 0.15) is 43.1 Å². The zero-order valence-corrected chi connectivity index (χ0v) is 16.4. The summed E-state index contributed by atoms with van der Waals surface area (Å²) in [4.78, 5) is 8.36. The van der Waals surface area contributed by atoms with E-state index in [2.05, 4.69) is 25.8 Å². The van der Waals surface area contributed by atoms with E-state index in [0.717, 1.165) is 25.0 Å². The number of nitrogen functional groups attached to an aromatic ring is 1. The number of nitrogens with two attached hydrogens (primary N) is 2. The van der Waals surface area contributed by atoms with Gasteiger partial charge in [-0.25, -0.2) is 9.97 Å². The van der Waals surface area contributed by atoms with Crippen LogP contribution in [-0.2, 0) is 12.7 Å². The summed E-state index contributed by atoms with van der Waals surface area (Å²) in [5.74, 6) is 0.641. The number of benzene rings is 1. The van der Waals surface area contributed by atoms with Gasteiger partial charge in [0.2, 0.25) is 11.7 Å². The predicted molar refractivity (Wildman–Crippen MR) is 108 cm³/mol. The fourth-order valence-electron chi connectivity index (χ4n) is 3.19. The van der Waals surface area contributed by atoms with E-state index in [4.69, 9.17) is 16.7 Å². The molecule has 0 radical (unpaired) electrons. The second-order valence-corrected chi connectivity index (χ2v) is 7.31. The molecule has 8 nitrogen and oxygen atoms in total. The number of halogens is 3. The molecular weight excluding hydrogens is 399 g/mol. The highest BCUT2D eigenvalue weighted by Crippen LogP contribution is 2.34. The van der Waals surface area contributed by atoms with Crippen LogP contribution in [0.3, 0.4) is 0 Å². The van der Waals surface area contributed by atoms with Crippen LogP contribution in [0.5, 0.6) is 0 Å². The summed E-state index contributed by atoms with van der Waals surface area (Å²) < 4.78 is 38.2. The van der Waals surface area contributed by atoms with Crippen molar-refractivity contribution in [2.45, 2.75) is 44.9 Å². The first-order chi connectivity index (χ1) is 14.2. The second-order valence-electron chi connectivity index (χ2n) is 7.31. The van der Waals surface area contributed by atoms with Crippen molar-refractivity contribution < 1.29 is 18.4 Å². The topological polar surface area (TPSA) is 134 Å². The third-order valence-corrected chi connectivity index (χ3v) is 5.25. The molecule has 1 aromatic carbocycles. The number of amidine groups is 1. The molecule has 0 bridgehead atoms. The lowest BCUT2D eigenvalue weighted by atomic mass is 9.80. The molecule has 1 fully saturated rings. The SMILES string of the molecule is CC(Nc1nc(/C(N)=N/O)nc(N)c1NCc1ccc(C(F)(F)F)cc1)C1CCC1. The second kappa shape index (κ2) is 8.64. The smallest absolute Gasteiger partial charge is 0.409 e. The van der Waals surface area contributed by atoms with Gasteiger partial charge in [-0.05, 0) is 43.4 Å². The number of rotatable bonds is 7. The van der Waals surface area contributed by atoms with Gasteiger partial charge in [-0.2, -0.15) is 13.2 Å². The Kier molecular flexibility index (Phi) is 6.18. The fraction of sp³-hybridized carbons (Fsp3) is 0.421. The van der Waals surface area contributed by atoms with Crippen molar-refractivity contribution in [1.29, 1.82) is 0 Å². The van der Waals surface area contributed by atoms with Gasteiger partial charge >= 0.3 is 6.18 Å². The Morgan fingerprint density at radius 2 is 1.93 bits per heavy atom. The average molecular weight is 423 g/mol. The summed E-state index contributed by atoms with van der Waals surface area (Å²) in [6.07, 6.45) is -0.994. The zero-order chi connectivity index (χ0) is 21.9. The average Bonchev–Trinajstić information content (AvgIpc) is 2.64. The number of hydrogen-bond donors (Lipinski definition) is 5. The number of oxime groups is 1. The lowest BCUT2D eigenvalue weighted by Gasteiger charge is -2.32. The van der Waals surface area contributed by atoms with Crippen LogP contribution in [0.15, 0.2) is 29.4 Å². The van der Waals surface area contributed by atoms with Gasteiger partial charge in [-0.3, -0.25) is 0 Å². The van der Waals surface area contributed by atoms with Gasteiger partial charge in [0, 0.05) is 12.6 Å². The maximum atomic E-state index is 12.7. The minimum atomic E-state index is -4.39. The molecule has 0 spiro atoms. The van der Waals surface area contributed by atoms with Crippen molar-refractivity contribution in [1.82, 2.24) is 9.97 Å². The molecule has 3 rings (SSSR count). The molecular formula is C19H24F3N7O. The number of hydrogen-bond acceptors (Lipinski definition) is 7. The Morgan fingerprint density at radius 1 is 1.27 bits per heavy atom. The van der Waals surface area contributed by atoms with Crippen molar-refractivity contribution in [3.05, 3.63) is 41.2 Å². The summed E-state index contributed by atoms with van der Waals surface area (Å²) in [5.41, 5.74) is 12.0. The highest BCUT2D eigenvalue weighted by Gasteiger charge is 2.30. The van der Waals surface area contributed by atoms with E-state index in [1.54, 1.807) is 0 Å². The maximum absolute atomic E-state index is 12.7. The highest BCUT2D eigenvalue weighted by atomic mass is 19.4. The number of alkyl halides is 3. The molecule has 1 unspecified atom stereocenters. The van der Waals surface area contributed by atoms with E-state index >= 15 is 0 Å². The van der Waals surface area contributed by atoms with Crippen molar-refractivity contribution >= 4 is 23.2 Å². The largest absolute Gasteiger partial charge is 0.416 e. The molecule has 1 aliphatic rings. The number of aromatic nitrogens is 2. The molecule has 11 heteroatoms. The van der Waals surface area contributed by atoms with Gasteiger partial charge < -0.3 is 27.3 Å². The quantitative estimate of drug-likeness (QED) is 0.199. The Hall–Kier alpha value is -3.24. The zero-order valence-electron chi connectivity index (χ0n) is 16.4. The van der Waals surface area contributed by atoms with Crippen LogP contribution >= 0.6 is 0 Å². The lowest BCUT2D eigenvalue weighted by Crippen LogP contribution is -2.32. The minimum Gasteiger partial charge on any atom is -0.409 e. The van der Waals surface area contributed by atoms with E-state index in [1.807, 2.05) is 6.92 Å². The molecule has 1 saturated carbocycles. The van der Waals surface area contributed by atoms with Crippen LogP contribution < -0.4 is 22.1 Å². The molecule has 0 amide bonds. The Balaban J connectivity index is 1.82. The van der Waals surface area contributed by atoms with Crippen LogP contribution in [0.2, 0.25) is 0 Å². The predicted octanol–water partition coefficient (Wildman–Crippen LogP) is 3.38. The molecule has 162 valence electrons. The van der Waals surface area contributed by atoms with Gasteiger partial charge in [0.15, 0.2) is 11.6 Å². The molecule has 1 atom stereocenters. The fourth-order valence-corrected chi connectivity index (χ4v) is 3.19. The molecule has 1 aliphatic carbocycles. The molecule has 1 aromatic heterocycles. The normalized spacial score (nSPS) is 16.1. The van der Waals surface area contributed by atoms with Gasteiger partial charge in [0.25, 0.3) is 0 Å². The lowest BCUT2D eigenvalue weighted by molar-refractivity contribution is -0.137. The molecule has 1 heterocycles. The molecule has 2 aromatic rings. The highest BCUT2D eigenvalue weighted by molar-refractivity contribution is 5.95. The van der Waals surface area contributed by atoms with Crippen LogP contribution in [0.4, 0.5) is 30.5 Å². The van der Waals surface area contributed by atoms with Crippen molar-refractivity contribution in [2.75, 3.05) is 16.4 Å². The van der Waals surface area contributed by atoms with E-state index < -0.39 is 11.7 Å². The van der Waals surface area contributed by atoms with Crippen molar-refractivity contribution in [2.24, 2.45) is 16.8 Å². The standard InChI is InChI=1S/C19H24F3N7O/c1-10(12-3-2-4-12)26-17-14(15(23)27-18(28-17)16(24)29-30)25-9-11-5-7-13(8-6-11)19(20,21)22/h5-8,10,12,25,30H,2-4,9H2,1H3,(H2,24,29)(H3,23,26,27,28). The van der Waals surface area contributed by atoms with Gasteiger partial charge in [0.05, 0.1) is 5.56 Å². The summed E-state index contributed by atoms with van der Waals surface area (Å²) in [6, 6.07) is 4.94. The Labute approximate surface area is 171 Å². The van der Waals surface area contributed by atoms with Crippen LogP contribution in [0, 0.1) is 5.92 Å². The van der Waals surface area contributed by atoms with E-state index in [1.165, 1.54) is 18.6 Å². The minimum absolute atomic E-state index is 0.0293. The van der Waals surface area contributed by atoms with Crippen molar-refractivity contribution in [3.8, 4) is 0 Å². The van der Waals surface area contributed by atoms with Crippen LogP contribution in [-0.4, -0.2) is 27.1 Å². The molecule has 7 N–H and O–H groups in total. The first-order valence-electron chi connectivity index (χ1n) is 9.51. The summed E-state index contributed by atoms with van der Waals surface area (Å²) in [7, 11) is 0. The summed E-state index contributed by atoms with van der Waals surface area (Å²) >= 11 is 0. The third-order valence-electron chi connectivity index (χ3n) is 5.25. The van der Waals surface area contributed by atoms with E-state index in [-0.39, 0.29) is 30.1 Å². The van der Waals surface area contributed by atoms with Gasteiger partial charge in [0.1, 0.15) is 5.69 Å². The number of nitrogens with one attached hydrogen (secondary N) is 2. The van der Waals surface area contributed by atoms with E-state index in [9.17, 15) is 13.2 Å². The third kappa shape index (κ3) is 4.84. The van der Waals surface area contributed by atoms with Gasteiger partial charge in [-0.1, -0.05) is 23.7 Å². The molecule has 0 saturated heterocycles. The molecule has 30 heavy (non-hydrogen) atoms. The Morgan fingerprint density at radius 3 is 2.47 bits per heavy atom. The van der Waals surface area contributed by atoms with Crippen LogP contribution in [0.25, 0.3) is 0 Å². The first-order valence-corrected chi connectivity index (χ1v) is 9.51. The monoisotopic (exact) mass is 423 g/mol. The summed E-state index contributed by atoms with van der Waals surface area (Å²) in [6.45, 7) is 2.24. The van der Waals surface area contributed by atoms with E-state index in [0.29, 0.717) is 23.0 Å². The Bertz CT molecular complexity index is 912. The first kappa shape index (κ1) is 21.5. The number of anilines is 3. The summed E-state index contributed by atoms with van der Waals surface area (Å²) in [5, 5.41) is 18.2. The number of nitrogens with zero attached hydrogens (tertiary/aromatic N) is 3. The maximum Gasteiger partial charge on any atom is 0.416 e. The van der Waals surface area contributed by atoms with Gasteiger partial charge in [-0.15, -0.1) is 0 Å². The molecule has 0 aliphatic heterocycles. The van der Waals surface area contributed by atoms with Crippen molar-refractivity contribution in [3.63, 3.8) is 0 Å².